The van der Waals surface area contributed by atoms with Gasteiger partial charge in [-0.2, -0.15) is 0 Å². The van der Waals surface area contributed by atoms with Gasteiger partial charge < -0.3 is 18.6 Å². The zero-order valence-corrected chi connectivity index (χ0v) is 46.3. The highest BCUT2D eigenvalue weighted by Crippen LogP contribution is 2.57. The molecule has 0 spiro atoms. The van der Waals surface area contributed by atoms with Crippen molar-refractivity contribution in [1.82, 2.24) is 0 Å². The molecule has 1 aliphatic carbocycles. The van der Waals surface area contributed by atoms with Gasteiger partial charge in [0.05, 0.1) is 0 Å². The van der Waals surface area contributed by atoms with E-state index in [1.54, 1.807) is 11.1 Å². The first-order chi connectivity index (χ1) is 35.6. The van der Waals surface area contributed by atoms with Gasteiger partial charge in [-0.05, 0) is 158 Å². The van der Waals surface area contributed by atoms with Crippen LogP contribution in [-0.4, -0.2) is 27.2 Å². The van der Waals surface area contributed by atoms with Gasteiger partial charge in [0.15, 0.2) is 0 Å². The molecule has 0 radical (unpaired) electrons. The van der Waals surface area contributed by atoms with Crippen molar-refractivity contribution in [1.29, 1.82) is 0 Å². The standard InChI is InChI=1S/C67H92N2O4/c1-7-9-11-13-21-27-41-67(42-28-22-14-12-10-8-2)59-45-51(3)61(68(5)43-29-23-17-15-19-25-31-53-33-37-63-55(47-53)35-39-65(70)72-63)49-57(59)58-50-62(52(4)46-60(58)67)69(6)44-30-24-18-16-20-26-32-54-34-38-64-56(48-54)36-40-66(71)73-64/h33-40,45-50H,7-32,41-44H2,1-6H3. The molecule has 2 aromatic heterocycles. The summed E-state index contributed by atoms with van der Waals surface area (Å²) in [5, 5.41) is 2.01. The number of unbranched alkanes of at least 4 members (excludes halogenated alkanes) is 20. The molecule has 0 atom stereocenters. The molecule has 394 valence electrons. The summed E-state index contributed by atoms with van der Waals surface area (Å²) in [6.07, 6.45) is 35.6. The summed E-state index contributed by atoms with van der Waals surface area (Å²) in [6, 6.07) is 29.8. The number of fused-ring (bicyclic) bond motifs is 5. The molecule has 73 heavy (non-hydrogen) atoms. The van der Waals surface area contributed by atoms with Gasteiger partial charge in [0.1, 0.15) is 11.2 Å². The molecule has 6 nitrogen and oxygen atoms in total. The minimum Gasteiger partial charge on any atom is -0.423 e. The van der Waals surface area contributed by atoms with E-state index >= 15 is 0 Å². The molecule has 1 aliphatic rings. The Balaban J connectivity index is 0.986. The zero-order chi connectivity index (χ0) is 51.4. The Kier molecular flexibility index (Phi) is 21.8. The molecular weight excluding hydrogens is 897 g/mol. The van der Waals surface area contributed by atoms with Crippen molar-refractivity contribution in [3.05, 3.63) is 139 Å². The van der Waals surface area contributed by atoms with E-state index in [2.05, 4.69) is 100 Å². The summed E-state index contributed by atoms with van der Waals surface area (Å²) in [5.41, 5.74) is 15.4. The van der Waals surface area contributed by atoms with Crippen molar-refractivity contribution < 1.29 is 8.83 Å². The number of hydrogen-bond donors (Lipinski definition) is 0. The third kappa shape index (κ3) is 15.5. The Bertz CT molecular complexity index is 2570. The lowest BCUT2D eigenvalue weighted by Gasteiger charge is -2.34. The zero-order valence-electron chi connectivity index (χ0n) is 46.3. The van der Waals surface area contributed by atoms with Crippen molar-refractivity contribution >= 4 is 33.3 Å². The topological polar surface area (TPSA) is 66.9 Å². The molecular formula is C67H92N2O4. The van der Waals surface area contributed by atoms with E-state index in [1.807, 2.05) is 24.3 Å². The summed E-state index contributed by atoms with van der Waals surface area (Å²) in [6.45, 7) is 11.6. The van der Waals surface area contributed by atoms with Crippen LogP contribution in [0.4, 0.5) is 11.4 Å². The maximum absolute atomic E-state index is 11.6. The van der Waals surface area contributed by atoms with Crippen LogP contribution >= 0.6 is 0 Å². The molecule has 6 aromatic rings. The molecule has 7 rings (SSSR count). The van der Waals surface area contributed by atoms with Crippen LogP contribution < -0.4 is 21.1 Å². The lowest BCUT2D eigenvalue weighted by Crippen LogP contribution is -2.27. The maximum atomic E-state index is 11.6. The number of anilines is 2. The summed E-state index contributed by atoms with van der Waals surface area (Å²) in [7, 11) is 4.67. The van der Waals surface area contributed by atoms with Crippen LogP contribution in [0, 0.1) is 13.8 Å². The maximum Gasteiger partial charge on any atom is 0.336 e. The van der Waals surface area contributed by atoms with Crippen LogP contribution in [0.25, 0.3) is 33.1 Å². The van der Waals surface area contributed by atoms with E-state index in [0.29, 0.717) is 11.2 Å². The Hall–Kier alpha value is -5.10. The smallest absolute Gasteiger partial charge is 0.336 e. The third-order valence-electron chi connectivity index (χ3n) is 16.5. The highest BCUT2D eigenvalue weighted by molar-refractivity contribution is 5.87. The van der Waals surface area contributed by atoms with Crippen LogP contribution in [0.1, 0.15) is 214 Å². The van der Waals surface area contributed by atoms with E-state index in [-0.39, 0.29) is 16.7 Å². The molecule has 0 fully saturated rings. The monoisotopic (exact) mass is 989 g/mol. The number of benzene rings is 4. The Morgan fingerprint density at radius 2 is 0.781 bits per heavy atom. The summed E-state index contributed by atoms with van der Waals surface area (Å²) in [5.74, 6) is 0. The van der Waals surface area contributed by atoms with E-state index in [0.717, 1.165) is 36.7 Å². The fraction of sp³-hybridized carbons (Fsp3) is 0.552. The fourth-order valence-electron chi connectivity index (χ4n) is 12.2. The van der Waals surface area contributed by atoms with E-state index in [4.69, 9.17) is 8.83 Å². The van der Waals surface area contributed by atoms with Gasteiger partial charge >= 0.3 is 11.3 Å². The van der Waals surface area contributed by atoms with Crippen molar-refractivity contribution in [2.45, 2.75) is 213 Å². The van der Waals surface area contributed by atoms with Gasteiger partial charge in [0.2, 0.25) is 0 Å². The minimum absolute atomic E-state index is 0.0709. The minimum atomic E-state index is -0.289. The molecule has 0 saturated heterocycles. The molecule has 0 N–H and O–H groups in total. The summed E-state index contributed by atoms with van der Waals surface area (Å²) >= 11 is 0. The second kappa shape index (κ2) is 28.5. The average Bonchev–Trinajstić information content (AvgIpc) is 3.63. The Morgan fingerprint density at radius 3 is 1.19 bits per heavy atom. The van der Waals surface area contributed by atoms with Crippen LogP contribution in [0.2, 0.25) is 0 Å². The Labute approximate surface area is 440 Å². The van der Waals surface area contributed by atoms with Crippen molar-refractivity contribution in [2.24, 2.45) is 0 Å². The van der Waals surface area contributed by atoms with Crippen molar-refractivity contribution in [3.8, 4) is 11.1 Å². The van der Waals surface area contributed by atoms with Gasteiger partial charge in [-0.25, -0.2) is 9.59 Å². The molecule has 0 saturated carbocycles. The van der Waals surface area contributed by atoms with Crippen molar-refractivity contribution in [2.75, 3.05) is 37.0 Å². The predicted octanol–water partition coefficient (Wildman–Crippen LogP) is 18.3. The number of hydrogen-bond acceptors (Lipinski definition) is 6. The highest BCUT2D eigenvalue weighted by atomic mass is 16.4. The molecule has 0 amide bonds. The molecule has 0 aliphatic heterocycles. The van der Waals surface area contributed by atoms with Gasteiger partial charge in [-0.3, -0.25) is 0 Å². The first kappa shape index (κ1) is 55.6. The number of rotatable bonds is 34. The summed E-state index contributed by atoms with van der Waals surface area (Å²) in [4.78, 5) is 28.3. The Morgan fingerprint density at radius 1 is 0.411 bits per heavy atom. The third-order valence-corrected chi connectivity index (χ3v) is 16.5. The first-order valence-corrected chi connectivity index (χ1v) is 29.4. The second-order valence-corrected chi connectivity index (χ2v) is 22.3. The molecule has 2 heterocycles. The van der Waals surface area contributed by atoms with Gasteiger partial charge in [0.25, 0.3) is 0 Å². The van der Waals surface area contributed by atoms with Crippen LogP contribution in [-0.2, 0) is 18.3 Å². The van der Waals surface area contributed by atoms with Crippen LogP contribution in [0.3, 0.4) is 0 Å². The second-order valence-electron chi connectivity index (χ2n) is 22.3. The summed E-state index contributed by atoms with van der Waals surface area (Å²) < 4.78 is 10.7. The van der Waals surface area contributed by atoms with Crippen LogP contribution in [0.15, 0.2) is 103 Å². The van der Waals surface area contributed by atoms with E-state index < -0.39 is 0 Å². The van der Waals surface area contributed by atoms with Crippen molar-refractivity contribution in [3.63, 3.8) is 0 Å². The van der Waals surface area contributed by atoms with Gasteiger partial charge in [-0.15, -0.1) is 0 Å². The normalized spacial score (nSPS) is 12.7. The van der Waals surface area contributed by atoms with E-state index in [9.17, 15) is 9.59 Å². The molecule has 0 bridgehead atoms. The fourth-order valence-corrected chi connectivity index (χ4v) is 12.2. The molecule has 4 aromatic carbocycles. The SMILES string of the molecule is CCCCCCCCC1(CCCCCCCC)c2cc(C)c(N(C)CCCCCCCCc3ccc4oc(=O)ccc4c3)cc2-c2cc(N(C)CCCCCCCCc3ccc4oc(=O)ccc4c3)c(C)cc21. The van der Waals surface area contributed by atoms with Crippen LogP contribution in [0.5, 0.6) is 0 Å². The highest BCUT2D eigenvalue weighted by Gasteiger charge is 2.43. The molecule has 6 heteroatoms. The number of aryl methyl sites for hydroxylation is 4. The largest absolute Gasteiger partial charge is 0.423 e. The van der Waals surface area contributed by atoms with Gasteiger partial charge in [-0.1, -0.05) is 167 Å². The van der Waals surface area contributed by atoms with E-state index in [1.165, 1.54) is 224 Å². The predicted molar refractivity (Wildman–Crippen MR) is 312 cm³/mol. The number of nitrogens with zero attached hydrogens (tertiary/aromatic N) is 2. The first-order valence-electron chi connectivity index (χ1n) is 29.4. The molecule has 0 unspecified atom stereocenters. The average molecular weight is 989 g/mol. The lowest BCUT2D eigenvalue weighted by atomic mass is 9.70. The van der Waals surface area contributed by atoms with Gasteiger partial charge in [0, 0.05) is 66.9 Å². The quantitative estimate of drug-likeness (QED) is 0.0296. The lowest BCUT2D eigenvalue weighted by molar-refractivity contribution is 0.397.